The summed E-state index contributed by atoms with van der Waals surface area (Å²) in [6.07, 6.45) is 0. The van der Waals surface area contributed by atoms with Gasteiger partial charge in [0.1, 0.15) is 6.07 Å². The van der Waals surface area contributed by atoms with Crippen molar-refractivity contribution in [3.63, 3.8) is 0 Å². The number of fused-ring (bicyclic) bond motifs is 1. The molecule has 3 rings (SSSR count). The molecule has 98 valence electrons. The fraction of sp³-hybridized carbons (Fsp3) is 0.125. The molecule has 0 aliphatic carbocycles. The summed E-state index contributed by atoms with van der Waals surface area (Å²) in [6, 6.07) is 16.2. The van der Waals surface area contributed by atoms with Crippen molar-refractivity contribution in [3.8, 4) is 6.07 Å². The highest BCUT2D eigenvalue weighted by Gasteiger charge is 2.08. The van der Waals surface area contributed by atoms with Gasteiger partial charge < -0.3 is 9.55 Å². The molecule has 1 heterocycles. The van der Waals surface area contributed by atoms with Gasteiger partial charge in [-0.3, -0.25) is 0 Å². The molecule has 0 unspecified atom stereocenters. The van der Waals surface area contributed by atoms with E-state index >= 15 is 0 Å². The molecule has 0 saturated heterocycles. The van der Waals surface area contributed by atoms with Crippen molar-refractivity contribution in [1.82, 2.24) is 9.55 Å². The molecule has 1 N–H and O–H groups in total. The fourth-order valence-corrected chi connectivity index (χ4v) is 2.57. The zero-order chi connectivity index (χ0) is 14.1. The molecule has 20 heavy (non-hydrogen) atoms. The van der Waals surface area contributed by atoms with Gasteiger partial charge in [0.05, 0.1) is 23.1 Å². The summed E-state index contributed by atoms with van der Waals surface area (Å²) in [5.74, 6) is 0. The van der Waals surface area contributed by atoms with Crippen LogP contribution >= 0.6 is 12.2 Å². The van der Waals surface area contributed by atoms with Gasteiger partial charge in [-0.1, -0.05) is 35.9 Å². The molecule has 0 bridgehead atoms. The SMILES string of the molecule is Cc1ccc(Cn2c(=S)[nH]c3c(C#N)cccc32)cc1. The standard InChI is InChI=1S/C16H13N3S/c1-11-5-7-12(8-6-11)10-19-14-4-2-3-13(9-17)15(14)18-16(19)20/h2-8H,10H2,1H3,(H,18,20). The van der Waals surface area contributed by atoms with E-state index in [9.17, 15) is 0 Å². The topological polar surface area (TPSA) is 44.5 Å². The Labute approximate surface area is 122 Å². The van der Waals surface area contributed by atoms with Crippen LogP contribution in [0.5, 0.6) is 0 Å². The number of para-hydroxylation sites is 1. The Morgan fingerprint density at radius 3 is 2.65 bits per heavy atom. The second-order valence-corrected chi connectivity index (χ2v) is 5.20. The van der Waals surface area contributed by atoms with E-state index in [2.05, 4.69) is 42.2 Å². The third-order valence-corrected chi connectivity index (χ3v) is 3.71. The van der Waals surface area contributed by atoms with Crippen LogP contribution in [0.2, 0.25) is 0 Å². The van der Waals surface area contributed by atoms with Crippen LogP contribution in [-0.2, 0) is 6.54 Å². The molecule has 1 aromatic heterocycles. The molecule has 3 aromatic rings. The first-order valence-corrected chi connectivity index (χ1v) is 6.77. The number of aromatic amines is 1. The van der Waals surface area contributed by atoms with Crippen LogP contribution in [0.15, 0.2) is 42.5 Å². The summed E-state index contributed by atoms with van der Waals surface area (Å²) in [5.41, 5.74) is 4.83. The van der Waals surface area contributed by atoms with Gasteiger partial charge in [-0.15, -0.1) is 0 Å². The normalized spacial score (nSPS) is 10.6. The molecular formula is C16H13N3S. The number of hydrogen-bond acceptors (Lipinski definition) is 2. The number of nitriles is 1. The molecule has 0 amide bonds. The third kappa shape index (κ3) is 2.13. The van der Waals surface area contributed by atoms with Crippen molar-refractivity contribution >= 4 is 23.3 Å². The van der Waals surface area contributed by atoms with E-state index in [0.717, 1.165) is 11.0 Å². The van der Waals surface area contributed by atoms with E-state index < -0.39 is 0 Å². The smallest absolute Gasteiger partial charge is 0.178 e. The van der Waals surface area contributed by atoms with E-state index in [1.165, 1.54) is 11.1 Å². The van der Waals surface area contributed by atoms with E-state index in [0.29, 0.717) is 16.9 Å². The minimum atomic E-state index is 0.622. The molecule has 0 fully saturated rings. The van der Waals surface area contributed by atoms with Crippen molar-refractivity contribution in [3.05, 3.63) is 63.9 Å². The van der Waals surface area contributed by atoms with Crippen LogP contribution in [-0.4, -0.2) is 9.55 Å². The lowest BCUT2D eigenvalue weighted by Gasteiger charge is -2.05. The zero-order valence-electron chi connectivity index (χ0n) is 11.1. The monoisotopic (exact) mass is 279 g/mol. The van der Waals surface area contributed by atoms with Crippen molar-refractivity contribution in [1.29, 1.82) is 5.26 Å². The quantitative estimate of drug-likeness (QED) is 0.722. The second kappa shape index (κ2) is 4.95. The molecule has 0 aliphatic rings. The lowest BCUT2D eigenvalue weighted by atomic mass is 10.1. The van der Waals surface area contributed by atoms with Crippen molar-refractivity contribution in [2.75, 3.05) is 0 Å². The Kier molecular flexibility index (Phi) is 3.13. The highest BCUT2D eigenvalue weighted by molar-refractivity contribution is 7.71. The zero-order valence-corrected chi connectivity index (χ0v) is 11.9. The van der Waals surface area contributed by atoms with Gasteiger partial charge in [0.15, 0.2) is 4.77 Å². The van der Waals surface area contributed by atoms with Crippen molar-refractivity contribution < 1.29 is 0 Å². The number of rotatable bonds is 2. The lowest BCUT2D eigenvalue weighted by molar-refractivity contribution is 0.810. The van der Waals surface area contributed by atoms with Crippen LogP contribution in [0.3, 0.4) is 0 Å². The molecule has 0 atom stereocenters. The summed E-state index contributed by atoms with van der Waals surface area (Å²) in [4.78, 5) is 3.13. The number of hydrogen-bond donors (Lipinski definition) is 1. The second-order valence-electron chi connectivity index (χ2n) is 4.81. The maximum Gasteiger partial charge on any atom is 0.178 e. The molecule has 0 saturated carbocycles. The molecular weight excluding hydrogens is 266 g/mol. The Bertz CT molecular complexity index is 863. The maximum atomic E-state index is 9.14. The first-order valence-electron chi connectivity index (χ1n) is 6.36. The van der Waals surface area contributed by atoms with Gasteiger partial charge in [-0.05, 0) is 36.8 Å². The number of nitrogens with one attached hydrogen (secondary N) is 1. The maximum absolute atomic E-state index is 9.14. The van der Waals surface area contributed by atoms with Crippen LogP contribution in [0, 0.1) is 23.0 Å². The van der Waals surface area contributed by atoms with Crippen LogP contribution < -0.4 is 0 Å². The average molecular weight is 279 g/mol. The Morgan fingerprint density at radius 1 is 1.20 bits per heavy atom. The minimum absolute atomic E-state index is 0.622. The van der Waals surface area contributed by atoms with Gasteiger partial charge >= 0.3 is 0 Å². The number of aromatic nitrogens is 2. The Hall–Kier alpha value is -2.38. The summed E-state index contributed by atoms with van der Waals surface area (Å²) in [6.45, 7) is 2.77. The number of imidazole rings is 1. The molecule has 4 heteroatoms. The number of H-pyrrole nitrogens is 1. The van der Waals surface area contributed by atoms with E-state index in [1.54, 1.807) is 6.07 Å². The lowest BCUT2D eigenvalue weighted by Crippen LogP contribution is -1.99. The van der Waals surface area contributed by atoms with Crippen molar-refractivity contribution in [2.45, 2.75) is 13.5 Å². The highest BCUT2D eigenvalue weighted by Crippen LogP contribution is 2.19. The average Bonchev–Trinajstić information content (AvgIpc) is 2.77. The first-order chi connectivity index (χ1) is 9.69. The Morgan fingerprint density at radius 2 is 1.95 bits per heavy atom. The predicted molar refractivity (Wildman–Crippen MR) is 82.1 cm³/mol. The van der Waals surface area contributed by atoms with Gasteiger partial charge in [0.25, 0.3) is 0 Å². The van der Waals surface area contributed by atoms with Gasteiger partial charge in [-0.25, -0.2) is 0 Å². The van der Waals surface area contributed by atoms with E-state index in [-0.39, 0.29) is 0 Å². The third-order valence-electron chi connectivity index (χ3n) is 3.39. The molecule has 3 nitrogen and oxygen atoms in total. The minimum Gasteiger partial charge on any atom is -0.329 e. The molecule has 0 aliphatic heterocycles. The van der Waals surface area contributed by atoms with E-state index in [4.69, 9.17) is 17.5 Å². The number of aryl methyl sites for hydroxylation is 1. The summed E-state index contributed by atoms with van der Waals surface area (Å²) in [5, 5.41) is 9.14. The predicted octanol–water partition coefficient (Wildman–Crippen LogP) is 3.93. The molecule has 0 spiro atoms. The Balaban J connectivity index is 2.13. The van der Waals surface area contributed by atoms with Crippen molar-refractivity contribution in [2.24, 2.45) is 0 Å². The number of nitrogens with zero attached hydrogens (tertiary/aromatic N) is 2. The molecule has 0 radical (unpaired) electrons. The number of benzene rings is 2. The van der Waals surface area contributed by atoms with Gasteiger partial charge in [0, 0.05) is 0 Å². The van der Waals surface area contributed by atoms with Gasteiger partial charge in [-0.2, -0.15) is 5.26 Å². The largest absolute Gasteiger partial charge is 0.329 e. The fourth-order valence-electron chi connectivity index (χ4n) is 2.31. The summed E-state index contributed by atoms with van der Waals surface area (Å²) >= 11 is 5.38. The first kappa shape index (κ1) is 12.6. The highest BCUT2D eigenvalue weighted by atomic mass is 32.1. The van der Waals surface area contributed by atoms with E-state index in [1.807, 2.05) is 16.7 Å². The van der Waals surface area contributed by atoms with Crippen LogP contribution in [0.4, 0.5) is 0 Å². The molecule has 2 aromatic carbocycles. The van der Waals surface area contributed by atoms with Crippen LogP contribution in [0.25, 0.3) is 11.0 Å². The summed E-state index contributed by atoms with van der Waals surface area (Å²) < 4.78 is 2.67. The summed E-state index contributed by atoms with van der Waals surface area (Å²) in [7, 11) is 0. The van der Waals surface area contributed by atoms with Gasteiger partial charge in [0.2, 0.25) is 0 Å². The van der Waals surface area contributed by atoms with Crippen LogP contribution in [0.1, 0.15) is 16.7 Å².